The third-order valence-corrected chi connectivity index (χ3v) is 6.40. The summed E-state index contributed by atoms with van der Waals surface area (Å²) in [5, 5.41) is 2.21. The predicted molar refractivity (Wildman–Crippen MR) is 54.2 cm³/mol. The quantitative estimate of drug-likeness (QED) is 0.616. The molecule has 2 aliphatic rings. The monoisotopic (exact) mass is 233 g/mol. The van der Waals surface area contributed by atoms with Gasteiger partial charge in [0.2, 0.25) is 0 Å². The van der Waals surface area contributed by atoms with Crippen molar-refractivity contribution in [1.29, 1.82) is 0 Å². The number of nitrogens with one attached hydrogen (secondary N) is 1. The Hall–Kier alpha value is -0.620. The van der Waals surface area contributed by atoms with Crippen LogP contribution in [-0.2, 0) is 19.4 Å². The molecule has 0 aromatic heterocycles. The smallest absolute Gasteiger partial charge is 0.324 e. The van der Waals surface area contributed by atoms with E-state index in [0.29, 0.717) is 32.4 Å². The first-order chi connectivity index (χ1) is 7.03. The molecule has 0 saturated carbocycles. The molecule has 0 radical (unpaired) electrons. The molecule has 6 heteroatoms. The van der Waals surface area contributed by atoms with Crippen molar-refractivity contribution < 1.29 is 17.9 Å². The van der Waals surface area contributed by atoms with Gasteiger partial charge in [0.15, 0.2) is 15.1 Å². The summed E-state index contributed by atoms with van der Waals surface area (Å²) in [6, 6.07) is 0. The summed E-state index contributed by atoms with van der Waals surface area (Å²) in [4.78, 5) is 11.2. The van der Waals surface area contributed by atoms with Crippen LogP contribution in [0.15, 0.2) is 0 Å². The highest BCUT2D eigenvalue weighted by molar-refractivity contribution is 7.95. The summed E-state index contributed by atoms with van der Waals surface area (Å²) in [6.45, 7) is 1.43. The first kappa shape index (κ1) is 10.9. The summed E-state index contributed by atoms with van der Waals surface area (Å²) >= 11 is 0. The van der Waals surface area contributed by atoms with Crippen LogP contribution < -0.4 is 5.32 Å². The lowest BCUT2D eigenvalue weighted by Crippen LogP contribution is -2.63. The number of hydrogen-bond donors (Lipinski definition) is 1. The highest BCUT2D eigenvalue weighted by atomic mass is 32.2. The molecule has 1 N–H and O–H groups in total. The van der Waals surface area contributed by atoms with Crippen molar-refractivity contribution in [1.82, 2.24) is 5.32 Å². The summed E-state index contributed by atoms with van der Waals surface area (Å²) in [7, 11) is -2.08. The van der Waals surface area contributed by atoms with Crippen LogP contribution in [0.25, 0.3) is 0 Å². The maximum Gasteiger partial charge on any atom is 0.324 e. The molecule has 0 aliphatic carbocycles. The number of piperidine rings is 1. The zero-order valence-electron chi connectivity index (χ0n) is 8.65. The lowest BCUT2D eigenvalue weighted by atomic mass is 9.90. The fourth-order valence-electron chi connectivity index (χ4n) is 2.48. The Morgan fingerprint density at radius 1 is 1.40 bits per heavy atom. The number of sulfone groups is 1. The number of carbonyl (C=O) groups excluding carboxylic acids is 1. The molecule has 1 spiro atoms. The number of carbonyl (C=O) groups is 1. The zero-order chi connectivity index (χ0) is 11.1. The third-order valence-electron chi connectivity index (χ3n) is 3.51. The van der Waals surface area contributed by atoms with E-state index in [0.717, 1.165) is 0 Å². The van der Waals surface area contributed by atoms with Crippen LogP contribution >= 0.6 is 0 Å². The number of ether oxygens (including phenoxy) is 1. The minimum Gasteiger partial charge on any atom is -0.468 e. The van der Waals surface area contributed by atoms with Crippen molar-refractivity contribution >= 4 is 15.8 Å². The van der Waals surface area contributed by atoms with Crippen molar-refractivity contribution in [2.75, 3.05) is 20.2 Å². The lowest BCUT2D eigenvalue weighted by Gasteiger charge is -2.47. The van der Waals surface area contributed by atoms with E-state index in [1.165, 1.54) is 7.11 Å². The zero-order valence-corrected chi connectivity index (χ0v) is 9.47. The molecule has 0 aromatic rings. The molecule has 0 amide bonds. The highest BCUT2D eigenvalue weighted by Crippen LogP contribution is 2.46. The molecule has 2 aliphatic heterocycles. The summed E-state index contributed by atoms with van der Waals surface area (Å²) in [5.74, 6) is -0.612. The van der Waals surface area contributed by atoms with Crippen LogP contribution in [-0.4, -0.2) is 44.6 Å². The van der Waals surface area contributed by atoms with Crippen LogP contribution in [0.1, 0.15) is 19.3 Å². The Morgan fingerprint density at radius 2 is 2.00 bits per heavy atom. The minimum atomic E-state index is -3.31. The second-order valence-corrected chi connectivity index (χ2v) is 6.72. The normalized spacial score (nSPS) is 31.9. The molecule has 86 valence electrons. The molecule has 2 heterocycles. The first-order valence-corrected chi connectivity index (χ1v) is 6.60. The standard InChI is InChI=1S/C9H15NO4S/c1-14-8(11)7-6-9(15(7,12)13)2-4-10-5-3-9/h7,10H,2-6H2,1H3. The van der Waals surface area contributed by atoms with Gasteiger partial charge >= 0.3 is 5.97 Å². The van der Waals surface area contributed by atoms with Crippen LogP contribution in [0.2, 0.25) is 0 Å². The summed E-state index contributed by atoms with van der Waals surface area (Å²) in [6.07, 6.45) is 1.66. The summed E-state index contributed by atoms with van der Waals surface area (Å²) < 4.78 is 27.8. The van der Waals surface area contributed by atoms with Crippen molar-refractivity contribution in [3.8, 4) is 0 Å². The van der Waals surface area contributed by atoms with Gasteiger partial charge in [0, 0.05) is 0 Å². The maximum atomic E-state index is 12.0. The average molecular weight is 233 g/mol. The van der Waals surface area contributed by atoms with Gasteiger partial charge in [0.1, 0.15) is 0 Å². The Bertz CT molecular complexity index is 370. The number of rotatable bonds is 1. The van der Waals surface area contributed by atoms with Crippen molar-refractivity contribution in [3.05, 3.63) is 0 Å². The molecule has 1 atom stereocenters. The second-order valence-electron chi connectivity index (χ2n) is 4.19. The Kier molecular flexibility index (Phi) is 2.50. The largest absolute Gasteiger partial charge is 0.468 e. The van der Waals surface area contributed by atoms with Crippen LogP contribution in [0, 0.1) is 0 Å². The van der Waals surface area contributed by atoms with Gasteiger partial charge in [-0.05, 0) is 32.4 Å². The maximum absolute atomic E-state index is 12.0. The molecular weight excluding hydrogens is 218 g/mol. The van der Waals surface area contributed by atoms with Gasteiger partial charge in [-0.1, -0.05) is 0 Å². The Balaban J connectivity index is 2.19. The highest BCUT2D eigenvalue weighted by Gasteiger charge is 2.62. The van der Waals surface area contributed by atoms with E-state index < -0.39 is 25.8 Å². The van der Waals surface area contributed by atoms with E-state index in [9.17, 15) is 13.2 Å². The van der Waals surface area contributed by atoms with Crippen LogP contribution in [0.4, 0.5) is 0 Å². The molecule has 2 rings (SSSR count). The van der Waals surface area contributed by atoms with Crippen molar-refractivity contribution in [2.24, 2.45) is 0 Å². The topological polar surface area (TPSA) is 72.5 Å². The molecule has 0 bridgehead atoms. The SMILES string of the molecule is COC(=O)C1CC2(CCNCC2)S1(=O)=O. The van der Waals surface area contributed by atoms with Crippen LogP contribution in [0.5, 0.6) is 0 Å². The fraction of sp³-hybridized carbons (Fsp3) is 0.889. The van der Waals surface area contributed by atoms with E-state index in [4.69, 9.17) is 0 Å². The van der Waals surface area contributed by atoms with E-state index in [1.54, 1.807) is 0 Å². The fourth-order valence-corrected chi connectivity index (χ4v) is 4.84. The predicted octanol–water partition coefficient (Wildman–Crippen LogP) is -0.531. The number of hydrogen-bond acceptors (Lipinski definition) is 5. The molecule has 0 aromatic carbocycles. The number of esters is 1. The van der Waals surface area contributed by atoms with Gasteiger partial charge in [0.05, 0.1) is 11.9 Å². The van der Waals surface area contributed by atoms with Gasteiger partial charge in [-0.25, -0.2) is 8.42 Å². The average Bonchev–Trinajstić information content (AvgIpc) is 2.26. The van der Waals surface area contributed by atoms with Crippen molar-refractivity contribution in [3.63, 3.8) is 0 Å². The minimum absolute atomic E-state index is 0.434. The second kappa shape index (κ2) is 3.45. The molecule has 15 heavy (non-hydrogen) atoms. The lowest BCUT2D eigenvalue weighted by molar-refractivity contribution is -0.141. The van der Waals surface area contributed by atoms with Gasteiger partial charge in [-0.2, -0.15) is 0 Å². The van der Waals surface area contributed by atoms with Gasteiger partial charge in [-0.15, -0.1) is 0 Å². The summed E-state index contributed by atoms with van der Waals surface area (Å²) in [5.41, 5.74) is 0. The van der Waals surface area contributed by atoms with Crippen molar-refractivity contribution in [2.45, 2.75) is 29.3 Å². The van der Waals surface area contributed by atoms with Gasteiger partial charge < -0.3 is 10.1 Å². The van der Waals surface area contributed by atoms with E-state index in [1.807, 2.05) is 0 Å². The van der Waals surface area contributed by atoms with Gasteiger partial charge in [-0.3, -0.25) is 4.79 Å². The number of methoxy groups -OCH3 is 1. The molecule has 1 unspecified atom stereocenters. The Labute approximate surface area is 89.1 Å². The van der Waals surface area contributed by atoms with E-state index in [-0.39, 0.29) is 0 Å². The molecular formula is C9H15NO4S. The molecule has 2 fully saturated rings. The van der Waals surface area contributed by atoms with E-state index >= 15 is 0 Å². The van der Waals surface area contributed by atoms with E-state index in [2.05, 4.69) is 10.1 Å². The molecule has 5 nitrogen and oxygen atoms in total. The first-order valence-electron chi connectivity index (χ1n) is 5.05. The van der Waals surface area contributed by atoms with Crippen LogP contribution in [0.3, 0.4) is 0 Å². The van der Waals surface area contributed by atoms with Gasteiger partial charge in [0.25, 0.3) is 0 Å². The third kappa shape index (κ3) is 1.38. The Morgan fingerprint density at radius 3 is 2.47 bits per heavy atom. The molecule has 2 saturated heterocycles.